The fraction of sp³-hybridized carbons (Fsp3) is 0.611. The Kier molecular flexibility index (Phi) is 11.9. The summed E-state index contributed by atoms with van der Waals surface area (Å²) < 4.78 is 14.4. The number of esters is 3. The van der Waals surface area contributed by atoms with Gasteiger partial charge in [0.25, 0.3) is 0 Å². The molecule has 3 atom stereocenters. The smallest absolute Gasteiger partial charge is 0.348 e. The number of carbonyl (C=O) groups excluding carboxylic acids is 3. The van der Waals surface area contributed by atoms with Gasteiger partial charge < -0.3 is 24.4 Å². The Balaban J connectivity index is 5.03. The molecule has 0 amide bonds. The molecule has 10 heteroatoms. The summed E-state index contributed by atoms with van der Waals surface area (Å²) in [6.45, 7) is 6.43. The second kappa shape index (κ2) is 13.3. The van der Waals surface area contributed by atoms with Crippen molar-refractivity contribution in [2.45, 2.75) is 58.2 Å². The molecule has 0 saturated heterocycles. The first kappa shape index (κ1) is 25.1. The fourth-order valence-electron chi connectivity index (χ4n) is 1.84. The van der Waals surface area contributed by atoms with Gasteiger partial charge in [-0.15, -0.1) is 6.58 Å². The van der Waals surface area contributed by atoms with Gasteiger partial charge >= 0.3 is 29.8 Å². The first-order valence-electron chi connectivity index (χ1n) is 8.76. The molecular formula is C18H26O10. The van der Waals surface area contributed by atoms with Gasteiger partial charge in [0.2, 0.25) is 12.2 Å². The molecule has 158 valence electrons. The minimum Gasteiger partial charge on any atom is -0.481 e. The van der Waals surface area contributed by atoms with Crippen molar-refractivity contribution in [2.24, 2.45) is 5.92 Å². The number of unbranched alkanes of at least 4 members (excludes halogenated alkanes) is 1. The van der Waals surface area contributed by atoms with Crippen molar-refractivity contribution in [1.29, 1.82) is 0 Å². The fourth-order valence-corrected chi connectivity index (χ4v) is 1.84. The van der Waals surface area contributed by atoms with E-state index in [1.807, 2.05) is 6.92 Å². The van der Waals surface area contributed by atoms with Crippen molar-refractivity contribution in [3.63, 3.8) is 0 Å². The highest BCUT2D eigenvalue weighted by atomic mass is 16.6. The SMILES string of the molecule is C=CCCC(=O)OC(CC(=O)OC(C(=O)OCCCC)C(C)C(=O)O)C(=O)O. The second-order valence-electron chi connectivity index (χ2n) is 5.91. The lowest BCUT2D eigenvalue weighted by molar-refractivity contribution is -0.179. The molecule has 3 unspecified atom stereocenters. The maximum Gasteiger partial charge on any atom is 0.348 e. The van der Waals surface area contributed by atoms with E-state index in [9.17, 15) is 24.0 Å². The molecule has 0 rings (SSSR count). The van der Waals surface area contributed by atoms with Crippen LogP contribution in [0.2, 0.25) is 0 Å². The summed E-state index contributed by atoms with van der Waals surface area (Å²) in [4.78, 5) is 58.0. The molecule has 0 heterocycles. The zero-order valence-corrected chi connectivity index (χ0v) is 15.9. The molecule has 0 aromatic heterocycles. The van der Waals surface area contributed by atoms with Crippen LogP contribution in [0.1, 0.15) is 46.0 Å². The van der Waals surface area contributed by atoms with Crippen LogP contribution in [-0.4, -0.2) is 58.9 Å². The van der Waals surface area contributed by atoms with Crippen molar-refractivity contribution in [2.75, 3.05) is 6.61 Å². The van der Waals surface area contributed by atoms with Crippen LogP contribution >= 0.6 is 0 Å². The number of hydrogen-bond acceptors (Lipinski definition) is 8. The molecule has 28 heavy (non-hydrogen) atoms. The molecule has 0 aliphatic heterocycles. The van der Waals surface area contributed by atoms with Crippen LogP contribution in [-0.2, 0) is 38.2 Å². The molecule has 0 aliphatic rings. The third-order valence-corrected chi connectivity index (χ3v) is 3.53. The van der Waals surface area contributed by atoms with E-state index in [-0.39, 0.29) is 19.4 Å². The Bertz CT molecular complexity index is 583. The van der Waals surface area contributed by atoms with Crippen LogP contribution < -0.4 is 0 Å². The van der Waals surface area contributed by atoms with Crippen LogP contribution in [0.25, 0.3) is 0 Å². The summed E-state index contributed by atoms with van der Waals surface area (Å²) in [5.74, 6) is -7.53. The molecule has 2 N–H and O–H groups in total. The van der Waals surface area contributed by atoms with Crippen molar-refractivity contribution < 1.29 is 48.4 Å². The van der Waals surface area contributed by atoms with Crippen LogP contribution in [0, 0.1) is 5.92 Å². The molecule has 0 aromatic carbocycles. The van der Waals surface area contributed by atoms with Gasteiger partial charge in [0, 0.05) is 6.42 Å². The highest BCUT2D eigenvalue weighted by Crippen LogP contribution is 2.14. The predicted octanol–water partition coefficient (Wildman–Crippen LogP) is 1.31. The molecule has 10 nitrogen and oxygen atoms in total. The zero-order valence-electron chi connectivity index (χ0n) is 15.9. The van der Waals surface area contributed by atoms with Crippen LogP contribution in [0.4, 0.5) is 0 Å². The first-order valence-corrected chi connectivity index (χ1v) is 8.76. The van der Waals surface area contributed by atoms with Gasteiger partial charge in [0.15, 0.2) is 0 Å². The summed E-state index contributed by atoms with van der Waals surface area (Å²) in [6, 6.07) is 0. The van der Waals surface area contributed by atoms with E-state index >= 15 is 0 Å². The number of allylic oxidation sites excluding steroid dienone is 1. The zero-order chi connectivity index (χ0) is 21.7. The quantitative estimate of drug-likeness (QED) is 0.188. The van der Waals surface area contributed by atoms with E-state index in [4.69, 9.17) is 24.4 Å². The molecule has 0 radical (unpaired) electrons. The number of carboxylic acids is 2. The molecule has 0 aromatic rings. The van der Waals surface area contributed by atoms with E-state index < -0.39 is 54.4 Å². The van der Waals surface area contributed by atoms with Gasteiger partial charge in [0.1, 0.15) is 5.92 Å². The minimum absolute atomic E-state index is 0.0222. The molecule has 0 spiro atoms. The minimum atomic E-state index is -1.83. The second-order valence-corrected chi connectivity index (χ2v) is 5.91. The summed E-state index contributed by atoms with van der Waals surface area (Å²) in [7, 11) is 0. The van der Waals surface area contributed by atoms with Gasteiger partial charge in [-0.25, -0.2) is 9.59 Å². The Labute approximate surface area is 162 Å². The van der Waals surface area contributed by atoms with Crippen LogP contribution in [0.3, 0.4) is 0 Å². The van der Waals surface area contributed by atoms with E-state index in [1.54, 1.807) is 0 Å². The van der Waals surface area contributed by atoms with Crippen molar-refractivity contribution in [3.8, 4) is 0 Å². The van der Waals surface area contributed by atoms with E-state index in [0.29, 0.717) is 6.42 Å². The Morgan fingerprint density at radius 3 is 2.18 bits per heavy atom. The first-order chi connectivity index (χ1) is 13.1. The lowest BCUT2D eigenvalue weighted by Crippen LogP contribution is -2.40. The average molecular weight is 402 g/mol. The van der Waals surface area contributed by atoms with Crippen LogP contribution in [0.15, 0.2) is 12.7 Å². The van der Waals surface area contributed by atoms with Crippen molar-refractivity contribution in [1.82, 2.24) is 0 Å². The normalized spacial score (nSPS) is 13.5. The Hall–Kier alpha value is -2.91. The van der Waals surface area contributed by atoms with Crippen molar-refractivity contribution in [3.05, 3.63) is 12.7 Å². The monoisotopic (exact) mass is 402 g/mol. The van der Waals surface area contributed by atoms with E-state index in [1.165, 1.54) is 6.08 Å². The number of ether oxygens (including phenoxy) is 3. The Morgan fingerprint density at radius 2 is 1.68 bits per heavy atom. The van der Waals surface area contributed by atoms with E-state index in [2.05, 4.69) is 6.58 Å². The lowest BCUT2D eigenvalue weighted by atomic mass is 10.1. The van der Waals surface area contributed by atoms with Gasteiger partial charge in [-0.05, 0) is 19.8 Å². The molecular weight excluding hydrogens is 376 g/mol. The molecule has 0 fully saturated rings. The largest absolute Gasteiger partial charge is 0.481 e. The van der Waals surface area contributed by atoms with E-state index in [0.717, 1.165) is 13.3 Å². The van der Waals surface area contributed by atoms with Gasteiger partial charge in [0.05, 0.1) is 13.0 Å². The summed E-state index contributed by atoms with van der Waals surface area (Å²) in [6.07, 6.45) is -1.63. The third-order valence-electron chi connectivity index (χ3n) is 3.53. The highest BCUT2D eigenvalue weighted by Gasteiger charge is 2.36. The van der Waals surface area contributed by atoms with Gasteiger partial charge in [-0.3, -0.25) is 14.4 Å². The number of carbonyl (C=O) groups is 5. The topological polar surface area (TPSA) is 154 Å². The predicted molar refractivity (Wildman–Crippen MR) is 94.1 cm³/mol. The third kappa shape index (κ3) is 9.70. The summed E-state index contributed by atoms with van der Waals surface area (Å²) in [5, 5.41) is 18.2. The van der Waals surface area contributed by atoms with Crippen LogP contribution in [0.5, 0.6) is 0 Å². The highest BCUT2D eigenvalue weighted by molar-refractivity contribution is 5.87. The number of hydrogen-bond donors (Lipinski definition) is 2. The maximum absolute atomic E-state index is 12.0. The molecule has 0 bridgehead atoms. The number of rotatable bonds is 14. The van der Waals surface area contributed by atoms with Gasteiger partial charge in [-0.1, -0.05) is 19.4 Å². The van der Waals surface area contributed by atoms with Crippen molar-refractivity contribution >= 4 is 29.8 Å². The van der Waals surface area contributed by atoms with Gasteiger partial charge in [-0.2, -0.15) is 0 Å². The molecule has 0 saturated carbocycles. The number of carboxylic acid groups (broad SMARTS) is 2. The lowest BCUT2D eigenvalue weighted by Gasteiger charge is -2.21. The standard InChI is InChI=1S/C18H26O10/c1-4-6-8-13(19)27-12(17(23)24)10-14(20)28-15(11(3)16(21)22)18(25)26-9-7-5-2/h4,11-12,15H,1,5-10H2,2-3H3,(H,21,22)(H,23,24). The summed E-state index contributed by atoms with van der Waals surface area (Å²) >= 11 is 0. The average Bonchev–Trinajstić information content (AvgIpc) is 2.63. The maximum atomic E-state index is 12.0. The Morgan fingerprint density at radius 1 is 1.04 bits per heavy atom. The molecule has 0 aliphatic carbocycles. The summed E-state index contributed by atoms with van der Waals surface area (Å²) in [5.41, 5.74) is 0. The number of aliphatic carboxylic acids is 2.